The monoisotopic (exact) mass is 342 g/mol. The highest BCUT2D eigenvalue weighted by Crippen LogP contribution is 2.58. The zero-order chi connectivity index (χ0) is 17.2. The van der Waals surface area contributed by atoms with E-state index in [1.54, 1.807) is 12.3 Å². The highest BCUT2D eigenvalue weighted by atomic mass is 16.5. The van der Waals surface area contributed by atoms with Crippen LogP contribution in [0.15, 0.2) is 18.5 Å². The van der Waals surface area contributed by atoms with E-state index in [0.29, 0.717) is 12.4 Å². The molecule has 2 aromatic heterocycles. The molecule has 0 spiro atoms. The van der Waals surface area contributed by atoms with Crippen molar-refractivity contribution in [3.63, 3.8) is 0 Å². The number of imidazole rings is 1. The maximum absolute atomic E-state index is 11.7. The van der Waals surface area contributed by atoms with Gasteiger partial charge in [0.1, 0.15) is 17.0 Å². The summed E-state index contributed by atoms with van der Waals surface area (Å²) in [6, 6.07) is 1.77. The van der Waals surface area contributed by atoms with Crippen molar-refractivity contribution in [1.29, 1.82) is 0 Å². The third-order valence-corrected chi connectivity index (χ3v) is 6.05. The molecular weight excluding hydrogens is 320 g/mol. The maximum atomic E-state index is 11.7. The van der Waals surface area contributed by atoms with Crippen molar-refractivity contribution in [2.45, 2.75) is 62.6 Å². The predicted molar refractivity (Wildman–Crippen MR) is 90.3 cm³/mol. The molecule has 4 heterocycles. The van der Waals surface area contributed by atoms with Crippen LogP contribution in [0.4, 0.5) is 0 Å². The molecule has 2 aromatic rings. The first-order chi connectivity index (χ1) is 12.0. The Morgan fingerprint density at radius 3 is 2.76 bits per heavy atom. The normalized spacial score (nSPS) is 31.4. The third kappa shape index (κ3) is 2.27. The number of nitrogens with zero attached hydrogens (tertiary/aromatic N) is 2. The number of carboxylic acids is 1. The fourth-order valence-corrected chi connectivity index (χ4v) is 4.87. The fraction of sp³-hybridized carbons (Fsp3) is 0.579. The summed E-state index contributed by atoms with van der Waals surface area (Å²) in [4.78, 5) is 16.5. The zero-order valence-electron chi connectivity index (χ0n) is 14.3. The van der Waals surface area contributed by atoms with Crippen LogP contribution in [0.1, 0.15) is 61.5 Å². The summed E-state index contributed by atoms with van der Waals surface area (Å²) < 4.78 is 13.7. The first-order valence-electron chi connectivity index (χ1n) is 9.04. The number of hydrogen-bond donors (Lipinski definition) is 1. The second-order valence-corrected chi connectivity index (χ2v) is 8.14. The van der Waals surface area contributed by atoms with Gasteiger partial charge < -0.3 is 19.0 Å². The lowest BCUT2D eigenvalue weighted by Gasteiger charge is -2.41. The Kier molecular flexibility index (Phi) is 3.02. The van der Waals surface area contributed by atoms with Gasteiger partial charge in [-0.1, -0.05) is 0 Å². The minimum absolute atomic E-state index is 0.00122. The lowest BCUT2D eigenvalue weighted by atomic mass is 9.62. The van der Waals surface area contributed by atoms with Crippen LogP contribution in [-0.2, 0) is 10.2 Å². The number of aromatic nitrogens is 2. The molecular formula is C19H22N2O4. The number of aromatic carboxylic acids is 1. The number of hydrogen-bond acceptors (Lipinski definition) is 4. The molecule has 2 bridgehead atoms. The van der Waals surface area contributed by atoms with Crippen LogP contribution >= 0.6 is 0 Å². The first-order valence-corrected chi connectivity index (χ1v) is 9.04. The first kappa shape index (κ1) is 15.2. The summed E-state index contributed by atoms with van der Waals surface area (Å²) >= 11 is 0. The van der Waals surface area contributed by atoms with Crippen LogP contribution in [0.5, 0.6) is 5.75 Å². The SMILES string of the molecule is CC12CC(c3cn4cc(C(=O)O)c(OC5CCCC5)cc4n3)(CO1)C2. The molecule has 6 rings (SSSR count). The molecule has 0 unspecified atom stereocenters. The Hall–Kier alpha value is -2.08. The van der Waals surface area contributed by atoms with E-state index in [9.17, 15) is 9.90 Å². The van der Waals surface area contributed by atoms with Gasteiger partial charge in [0.25, 0.3) is 0 Å². The van der Waals surface area contributed by atoms with Gasteiger partial charge in [-0.25, -0.2) is 9.78 Å². The fourth-order valence-electron chi connectivity index (χ4n) is 4.87. The number of pyridine rings is 1. The van der Waals surface area contributed by atoms with Gasteiger partial charge in [0.05, 0.1) is 24.0 Å². The molecule has 2 saturated heterocycles. The van der Waals surface area contributed by atoms with Crippen molar-refractivity contribution in [2.75, 3.05) is 6.61 Å². The van der Waals surface area contributed by atoms with Crippen molar-refractivity contribution in [1.82, 2.24) is 9.38 Å². The topological polar surface area (TPSA) is 73.1 Å². The Morgan fingerprint density at radius 1 is 1.36 bits per heavy atom. The van der Waals surface area contributed by atoms with E-state index in [1.165, 1.54) is 0 Å². The molecule has 0 atom stereocenters. The van der Waals surface area contributed by atoms with Crippen LogP contribution in [0, 0.1) is 0 Å². The van der Waals surface area contributed by atoms with E-state index in [0.717, 1.165) is 49.9 Å². The average Bonchev–Trinajstić information content (AvgIpc) is 3.27. The zero-order valence-corrected chi connectivity index (χ0v) is 14.3. The second-order valence-electron chi connectivity index (χ2n) is 8.14. The van der Waals surface area contributed by atoms with E-state index >= 15 is 0 Å². The van der Waals surface area contributed by atoms with Crippen LogP contribution in [0.25, 0.3) is 5.65 Å². The number of carboxylic acid groups (broad SMARTS) is 1. The second kappa shape index (κ2) is 4.97. The largest absolute Gasteiger partial charge is 0.489 e. The molecule has 1 N–H and O–H groups in total. The van der Waals surface area contributed by atoms with Crippen molar-refractivity contribution in [3.05, 3.63) is 29.7 Å². The highest BCUT2D eigenvalue weighted by molar-refractivity contribution is 5.91. The van der Waals surface area contributed by atoms with Crippen molar-refractivity contribution in [3.8, 4) is 5.75 Å². The Bertz CT molecular complexity index is 860. The van der Waals surface area contributed by atoms with Gasteiger partial charge in [0.15, 0.2) is 0 Å². The van der Waals surface area contributed by atoms with E-state index in [1.807, 2.05) is 10.6 Å². The van der Waals surface area contributed by atoms with Gasteiger partial charge in [-0.05, 0) is 45.4 Å². The average molecular weight is 342 g/mol. The predicted octanol–water partition coefficient (Wildman–Crippen LogP) is 3.17. The number of carbonyl (C=O) groups is 1. The molecule has 0 radical (unpaired) electrons. The van der Waals surface area contributed by atoms with Gasteiger partial charge in [-0.15, -0.1) is 0 Å². The molecule has 4 aliphatic rings. The van der Waals surface area contributed by atoms with Crippen LogP contribution < -0.4 is 4.74 Å². The summed E-state index contributed by atoms with van der Waals surface area (Å²) in [5, 5.41) is 9.58. The molecule has 25 heavy (non-hydrogen) atoms. The van der Waals surface area contributed by atoms with Crippen molar-refractivity contribution in [2.24, 2.45) is 0 Å². The van der Waals surface area contributed by atoms with Crippen molar-refractivity contribution >= 4 is 11.6 Å². The molecule has 2 saturated carbocycles. The number of fused-ring (bicyclic) bond motifs is 2. The maximum Gasteiger partial charge on any atom is 0.341 e. The lowest BCUT2D eigenvalue weighted by molar-refractivity contribution is 0.0154. The summed E-state index contributed by atoms with van der Waals surface area (Å²) in [6.07, 6.45) is 9.93. The van der Waals surface area contributed by atoms with Gasteiger partial charge in [0.2, 0.25) is 0 Å². The molecule has 132 valence electrons. The minimum atomic E-state index is -0.969. The standard InChI is InChI=1S/C19H22N2O4/c1-18-9-19(10-18,11-24-18)15-8-21-7-13(17(22)23)14(6-16(21)20-15)25-12-4-2-3-5-12/h6-8,12H,2-5,9-11H2,1H3,(H,22,23). The molecule has 0 amide bonds. The van der Waals surface area contributed by atoms with Gasteiger partial charge >= 0.3 is 5.97 Å². The minimum Gasteiger partial charge on any atom is -0.489 e. The third-order valence-electron chi connectivity index (χ3n) is 6.05. The molecule has 0 aromatic carbocycles. The van der Waals surface area contributed by atoms with Gasteiger partial charge in [-0.2, -0.15) is 0 Å². The number of rotatable bonds is 4. The quantitative estimate of drug-likeness (QED) is 0.924. The van der Waals surface area contributed by atoms with Crippen molar-refractivity contribution < 1.29 is 19.4 Å². The summed E-state index contributed by atoms with van der Waals surface area (Å²) in [7, 11) is 0. The van der Waals surface area contributed by atoms with Crippen LogP contribution in [0.2, 0.25) is 0 Å². The smallest absolute Gasteiger partial charge is 0.341 e. The summed E-state index contributed by atoms with van der Waals surface area (Å²) in [5.41, 5.74) is 1.93. The molecule has 2 aliphatic carbocycles. The molecule has 6 nitrogen and oxygen atoms in total. The summed E-state index contributed by atoms with van der Waals surface area (Å²) in [5.74, 6) is -0.536. The molecule has 2 aliphatic heterocycles. The Morgan fingerprint density at radius 2 is 2.12 bits per heavy atom. The van der Waals surface area contributed by atoms with E-state index in [4.69, 9.17) is 14.5 Å². The molecule has 4 fully saturated rings. The Labute approximate surface area is 145 Å². The number of ether oxygens (including phenoxy) is 2. The van der Waals surface area contributed by atoms with E-state index in [-0.39, 0.29) is 22.7 Å². The van der Waals surface area contributed by atoms with Gasteiger partial charge in [0, 0.05) is 23.9 Å². The summed E-state index contributed by atoms with van der Waals surface area (Å²) in [6.45, 7) is 2.84. The van der Waals surface area contributed by atoms with E-state index in [2.05, 4.69) is 6.92 Å². The molecule has 6 heteroatoms. The van der Waals surface area contributed by atoms with Crippen LogP contribution in [0.3, 0.4) is 0 Å². The highest BCUT2D eigenvalue weighted by Gasteiger charge is 2.61. The van der Waals surface area contributed by atoms with Crippen LogP contribution in [-0.4, -0.2) is 38.8 Å². The lowest BCUT2D eigenvalue weighted by Crippen LogP contribution is -2.45. The van der Waals surface area contributed by atoms with E-state index < -0.39 is 5.97 Å². The Balaban J connectivity index is 1.53. The van der Waals surface area contributed by atoms with Gasteiger partial charge in [-0.3, -0.25) is 0 Å².